The van der Waals surface area contributed by atoms with Gasteiger partial charge < -0.3 is 25.3 Å². The number of imide groups is 1. The Morgan fingerprint density at radius 3 is 2.42 bits per heavy atom. The van der Waals surface area contributed by atoms with Crippen LogP contribution < -0.4 is 25.8 Å². The number of hydrogen-bond donors (Lipinski definition) is 3. The van der Waals surface area contributed by atoms with Crippen molar-refractivity contribution in [2.45, 2.75) is 6.54 Å². The summed E-state index contributed by atoms with van der Waals surface area (Å²) in [7, 11) is 1.30. The zero-order valence-corrected chi connectivity index (χ0v) is 17.2. The van der Waals surface area contributed by atoms with Gasteiger partial charge in [-0.15, -0.1) is 0 Å². The molecule has 164 valence electrons. The molecule has 11 heteroatoms. The van der Waals surface area contributed by atoms with E-state index in [1.165, 1.54) is 19.2 Å². The van der Waals surface area contributed by atoms with Crippen LogP contribution >= 0.6 is 11.6 Å². The van der Waals surface area contributed by atoms with Gasteiger partial charge in [0.2, 0.25) is 0 Å². The lowest BCUT2D eigenvalue weighted by Crippen LogP contribution is -2.41. The molecule has 2 rings (SSSR count). The van der Waals surface area contributed by atoms with Crippen molar-refractivity contribution >= 4 is 35.4 Å². The summed E-state index contributed by atoms with van der Waals surface area (Å²) in [6.07, 6.45) is 0. The number of nitrogens with one attached hydrogen (secondary N) is 2. The van der Waals surface area contributed by atoms with Crippen molar-refractivity contribution in [3.8, 4) is 11.5 Å². The number of carbonyl (C=O) groups excluding carboxylic acids is 4. The molecule has 0 saturated carbocycles. The van der Waals surface area contributed by atoms with Crippen molar-refractivity contribution in [3.63, 3.8) is 0 Å². The summed E-state index contributed by atoms with van der Waals surface area (Å²) in [6, 6.07) is 10.8. The molecule has 0 atom stereocenters. The van der Waals surface area contributed by atoms with E-state index in [0.29, 0.717) is 0 Å². The molecular weight excluding hydrogens is 430 g/mol. The van der Waals surface area contributed by atoms with Crippen LogP contribution in [0.25, 0.3) is 0 Å². The molecule has 0 fully saturated rings. The molecule has 4 amide bonds. The molecule has 0 saturated heterocycles. The largest absolute Gasteiger partial charge is 0.493 e. The summed E-state index contributed by atoms with van der Waals surface area (Å²) in [5, 5.41) is 4.52. The Morgan fingerprint density at radius 2 is 1.77 bits per heavy atom. The van der Waals surface area contributed by atoms with Gasteiger partial charge in [0.25, 0.3) is 11.8 Å². The Bertz CT molecular complexity index is 967. The van der Waals surface area contributed by atoms with E-state index in [2.05, 4.69) is 5.32 Å². The highest BCUT2D eigenvalue weighted by Gasteiger charge is 2.19. The van der Waals surface area contributed by atoms with E-state index >= 15 is 0 Å². The van der Waals surface area contributed by atoms with E-state index in [-0.39, 0.29) is 28.6 Å². The second-order valence-corrected chi connectivity index (χ2v) is 6.44. The first-order chi connectivity index (χ1) is 14.8. The molecule has 0 aliphatic heterocycles. The van der Waals surface area contributed by atoms with E-state index in [0.717, 1.165) is 5.56 Å². The van der Waals surface area contributed by atoms with Gasteiger partial charge in [0.05, 0.1) is 17.7 Å². The monoisotopic (exact) mass is 449 g/mol. The molecule has 4 N–H and O–H groups in total. The van der Waals surface area contributed by atoms with Crippen molar-refractivity contribution in [2.75, 3.05) is 20.3 Å². The summed E-state index contributed by atoms with van der Waals surface area (Å²) in [5.74, 6) is -2.35. The number of hydrogen-bond acceptors (Lipinski definition) is 7. The highest BCUT2D eigenvalue weighted by molar-refractivity contribution is 6.32. The molecule has 0 radical (unpaired) electrons. The number of halogens is 1. The van der Waals surface area contributed by atoms with E-state index < -0.39 is 37.0 Å². The van der Waals surface area contributed by atoms with Gasteiger partial charge in [-0.1, -0.05) is 41.9 Å². The van der Waals surface area contributed by atoms with Crippen molar-refractivity contribution in [2.24, 2.45) is 5.73 Å². The molecule has 2 aromatic rings. The zero-order chi connectivity index (χ0) is 22.8. The van der Waals surface area contributed by atoms with Crippen molar-refractivity contribution < 1.29 is 33.4 Å². The number of amides is 4. The zero-order valence-electron chi connectivity index (χ0n) is 16.5. The minimum Gasteiger partial charge on any atom is -0.493 e. The van der Waals surface area contributed by atoms with Gasteiger partial charge in [0.1, 0.15) is 0 Å². The molecule has 0 aromatic heterocycles. The number of primary amides is 1. The summed E-state index contributed by atoms with van der Waals surface area (Å²) in [4.78, 5) is 46.7. The van der Waals surface area contributed by atoms with E-state index in [1.807, 2.05) is 35.6 Å². The summed E-state index contributed by atoms with van der Waals surface area (Å²) in [6.45, 7) is -0.911. The molecule has 0 heterocycles. The number of ether oxygens (including phenoxy) is 3. The summed E-state index contributed by atoms with van der Waals surface area (Å²) in [5.41, 5.74) is 5.84. The van der Waals surface area contributed by atoms with E-state index in [1.54, 1.807) is 0 Å². The fourth-order valence-electron chi connectivity index (χ4n) is 2.32. The fraction of sp³-hybridized carbons (Fsp3) is 0.200. The first kappa shape index (κ1) is 23.5. The first-order valence-electron chi connectivity index (χ1n) is 8.87. The predicted molar refractivity (Wildman–Crippen MR) is 110 cm³/mol. The third-order valence-electron chi connectivity index (χ3n) is 3.71. The molecule has 0 aliphatic carbocycles. The Hall–Kier alpha value is -3.79. The molecule has 10 nitrogen and oxygen atoms in total. The molecule has 0 aliphatic rings. The van der Waals surface area contributed by atoms with Gasteiger partial charge in [0, 0.05) is 6.54 Å². The number of rotatable bonds is 9. The summed E-state index contributed by atoms with van der Waals surface area (Å²) >= 11 is 6.06. The average Bonchev–Trinajstić information content (AvgIpc) is 2.75. The second-order valence-electron chi connectivity index (χ2n) is 6.04. The van der Waals surface area contributed by atoms with Gasteiger partial charge in [-0.2, -0.15) is 0 Å². The predicted octanol–water partition coefficient (Wildman–Crippen LogP) is 1.40. The number of carbonyl (C=O) groups is 4. The van der Waals surface area contributed by atoms with Crippen LogP contribution in [0.1, 0.15) is 15.9 Å². The lowest BCUT2D eigenvalue weighted by molar-refractivity contribution is -0.123. The summed E-state index contributed by atoms with van der Waals surface area (Å²) < 4.78 is 15.1. The lowest BCUT2D eigenvalue weighted by atomic mass is 10.2. The van der Waals surface area contributed by atoms with E-state index in [9.17, 15) is 19.2 Å². The Morgan fingerprint density at radius 1 is 1.06 bits per heavy atom. The molecule has 2 aromatic carbocycles. The van der Waals surface area contributed by atoms with Gasteiger partial charge >= 0.3 is 12.0 Å². The van der Waals surface area contributed by atoms with Crippen molar-refractivity contribution in [3.05, 3.63) is 58.6 Å². The average molecular weight is 450 g/mol. The number of esters is 1. The number of methoxy groups -OCH3 is 1. The van der Waals surface area contributed by atoms with Crippen LogP contribution in [0.15, 0.2) is 42.5 Å². The van der Waals surface area contributed by atoms with Crippen LogP contribution in [0.4, 0.5) is 4.79 Å². The molecule has 0 unspecified atom stereocenters. The number of nitrogens with two attached hydrogens (primary N) is 1. The van der Waals surface area contributed by atoms with Crippen molar-refractivity contribution in [1.82, 2.24) is 10.6 Å². The van der Waals surface area contributed by atoms with Crippen molar-refractivity contribution in [1.29, 1.82) is 0 Å². The molecule has 0 spiro atoms. The maximum absolute atomic E-state index is 12.2. The smallest absolute Gasteiger partial charge is 0.338 e. The Balaban J connectivity index is 1.88. The first-order valence-corrected chi connectivity index (χ1v) is 9.25. The van der Waals surface area contributed by atoms with Gasteiger partial charge in [-0.3, -0.25) is 14.9 Å². The standard InChI is InChI=1S/C20H20ClN3O7/c1-29-15-8-13(7-14(21)18(15)30-10-16(22)25)19(27)31-11-17(26)24-20(28)23-9-12-5-3-2-4-6-12/h2-8H,9-11H2,1H3,(H2,22,25)(H2,23,24,26,28). The van der Waals surface area contributed by atoms with Gasteiger partial charge in [-0.05, 0) is 17.7 Å². The third kappa shape index (κ3) is 7.52. The van der Waals surface area contributed by atoms with Crippen LogP contribution in [0.2, 0.25) is 5.02 Å². The van der Waals surface area contributed by atoms with E-state index in [4.69, 9.17) is 31.5 Å². The Kier molecular flexibility index (Phi) is 8.64. The van der Waals surface area contributed by atoms with Crippen LogP contribution in [0.3, 0.4) is 0 Å². The Labute approximate surface area is 182 Å². The minimum atomic E-state index is -0.888. The maximum Gasteiger partial charge on any atom is 0.338 e. The third-order valence-corrected chi connectivity index (χ3v) is 3.99. The minimum absolute atomic E-state index is 0.0207. The molecule has 31 heavy (non-hydrogen) atoms. The molecule has 0 bridgehead atoms. The van der Waals surface area contributed by atoms with Crippen LogP contribution in [-0.4, -0.2) is 44.1 Å². The normalized spacial score (nSPS) is 10.0. The SMILES string of the molecule is COc1cc(C(=O)OCC(=O)NC(=O)NCc2ccccc2)cc(Cl)c1OCC(N)=O. The second kappa shape index (κ2) is 11.4. The van der Waals surface area contributed by atoms with Crippen LogP contribution in [0, 0.1) is 0 Å². The quantitative estimate of drug-likeness (QED) is 0.490. The lowest BCUT2D eigenvalue weighted by Gasteiger charge is -2.13. The van der Waals surface area contributed by atoms with Gasteiger partial charge in [0.15, 0.2) is 24.7 Å². The number of urea groups is 1. The fourth-order valence-corrected chi connectivity index (χ4v) is 2.59. The highest BCUT2D eigenvalue weighted by Crippen LogP contribution is 2.36. The highest BCUT2D eigenvalue weighted by atomic mass is 35.5. The molecular formula is C20H20ClN3O7. The van der Waals surface area contributed by atoms with Crippen LogP contribution in [-0.2, 0) is 20.9 Å². The van der Waals surface area contributed by atoms with Crippen LogP contribution in [0.5, 0.6) is 11.5 Å². The number of benzene rings is 2. The maximum atomic E-state index is 12.2. The topological polar surface area (TPSA) is 146 Å². The van der Waals surface area contributed by atoms with Gasteiger partial charge in [-0.25, -0.2) is 9.59 Å².